The fourth-order valence-corrected chi connectivity index (χ4v) is 1.58. The van der Waals surface area contributed by atoms with E-state index in [1.165, 1.54) is 20.3 Å². The van der Waals surface area contributed by atoms with Crippen LogP contribution < -0.4 is 5.32 Å². The molecule has 102 valence electrons. The first-order valence-electron chi connectivity index (χ1n) is 5.45. The first kappa shape index (κ1) is 15.2. The van der Waals surface area contributed by atoms with Crippen LogP contribution in [0.15, 0.2) is 18.2 Å². The third-order valence-electron chi connectivity index (χ3n) is 2.40. The number of aliphatic hydroxyl groups is 1. The summed E-state index contributed by atoms with van der Waals surface area (Å²) in [6.07, 6.45) is -1.28. The van der Waals surface area contributed by atoms with Gasteiger partial charge in [-0.2, -0.15) is 0 Å². The smallest absolute Gasteiger partial charge is 0.183 e. The van der Waals surface area contributed by atoms with Gasteiger partial charge in [-0.1, -0.05) is 6.07 Å². The first-order valence-corrected chi connectivity index (χ1v) is 5.98. The number of hydrogen-bond donors (Lipinski definition) is 2. The van der Waals surface area contributed by atoms with Gasteiger partial charge in [0.1, 0.15) is 5.82 Å². The summed E-state index contributed by atoms with van der Waals surface area (Å²) in [4.78, 5) is 0. The molecule has 0 aliphatic rings. The van der Waals surface area contributed by atoms with Gasteiger partial charge in [0.05, 0.1) is 17.7 Å². The quantitative estimate of drug-likeness (QED) is 0.592. The van der Waals surface area contributed by atoms with Gasteiger partial charge in [0.25, 0.3) is 0 Å². The summed E-state index contributed by atoms with van der Waals surface area (Å²) < 4.78 is 23.7. The Bertz CT molecular complexity index is 374. The van der Waals surface area contributed by atoms with Crippen LogP contribution in [0.1, 0.15) is 11.9 Å². The molecule has 0 aliphatic carbocycles. The Hall–Kier alpha value is -0.880. The fraction of sp³-hybridized carbons (Fsp3) is 0.500. The van der Waals surface area contributed by atoms with E-state index in [2.05, 4.69) is 5.32 Å². The first-order chi connectivity index (χ1) is 8.62. The molecule has 0 heterocycles. The van der Waals surface area contributed by atoms with Crippen molar-refractivity contribution < 1.29 is 19.0 Å². The number of anilines is 1. The van der Waals surface area contributed by atoms with Crippen LogP contribution in [-0.2, 0) is 9.47 Å². The van der Waals surface area contributed by atoms with Crippen molar-refractivity contribution in [2.75, 3.05) is 32.0 Å². The fourth-order valence-electron chi connectivity index (χ4n) is 1.48. The topological polar surface area (TPSA) is 50.7 Å². The minimum Gasteiger partial charge on any atom is -0.390 e. The summed E-state index contributed by atoms with van der Waals surface area (Å²) >= 11 is 5.46. The van der Waals surface area contributed by atoms with Gasteiger partial charge in [0.2, 0.25) is 0 Å². The van der Waals surface area contributed by atoms with E-state index in [4.69, 9.17) is 21.1 Å². The Labute approximate surface area is 111 Å². The summed E-state index contributed by atoms with van der Waals surface area (Å²) in [5.74, 6) is -0.320. The van der Waals surface area contributed by atoms with Gasteiger partial charge in [-0.15, -0.1) is 11.6 Å². The van der Waals surface area contributed by atoms with E-state index < -0.39 is 18.2 Å². The predicted octanol–water partition coefficient (Wildman–Crippen LogP) is 2.13. The lowest BCUT2D eigenvalue weighted by molar-refractivity contribution is -0.106. The highest BCUT2D eigenvalue weighted by atomic mass is 35.5. The molecule has 0 aliphatic heterocycles. The maximum Gasteiger partial charge on any atom is 0.183 e. The number of ether oxygens (including phenoxy) is 2. The molecule has 1 aromatic carbocycles. The molecular weight excluding hydrogens is 261 g/mol. The normalized spacial score (nSPS) is 12.8. The summed E-state index contributed by atoms with van der Waals surface area (Å²) in [5.41, 5.74) is 0.958. The van der Waals surface area contributed by atoms with Crippen LogP contribution in [0.3, 0.4) is 0 Å². The van der Waals surface area contributed by atoms with Crippen molar-refractivity contribution in [3.63, 3.8) is 0 Å². The van der Waals surface area contributed by atoms with E-state index in [0.29, 0.717) is 5.56 Å². The van der Waals surface area contributed by atoms with Crippen LogP contribution in [0.5, 0.6) is 0 Å². The van der Waals surface area contributed by atoms with Crippen LogP contribution in [0.25, 0.3) is 0 Å². The van der Waals surface area contributed by atoms with Crippen molar-refractivity contribution in [3.8, 4) is 0 Å². The summed E-state index contributed by atoms with van der Waals surface area (Å²) in [5, 5.41) is 12.1. The highest BCUT2D eigenvalue weighted by Crippen LogP contribution is 2.23. The minimum atomic E-state index is -0.727. The summed E-state index contributed by atoms with van der Waals surface area (Å²) in [6.45, 7) is 0.175. The molecule has 0 saturated heterocycles. The number of alkyl halides is 1. The number of benzene rings is 1. The zero-order valence-corrected chi connectivity index (χ0v) is 11.1. The molecule has 1 atom stereocenters. The number of halogens is 2. The summed E-state index contributed by atoms with van der Waals surface area (Å²) in [6, 6.07) is 4.47. The molecule has 1 aromatic rings. The molecule has 6 heteroatoms. The second-order valence-corrected chi connectivity index (χ2v) is 4.04. The van der Waals surface area contributed by atoms with Crippen molar-refractivity contribution in [2.24, 2.45) is 0 Å². The summed E-state index contributed by atoms with van der Waals surface area (Å²) in [7, 11) is 3.00. The lowest BCUT2D eigenvalue weighted by Gasteiger charge is -2.16. The van der Waals surface area contributed by atoms with Crippen molar-refractivity contribution in [2.45, 2.75) is 12.4 Å². The van der Waals surface area contributed by atoms with E-state index in [9.17, 15) is 9.50 Å². The van der Waals surface area contributed by atoms with Gasteiger partial charge in [-0.3, -0.25) is 0 Å². The van der Waals surface area contributed by atoms with E-state index in [0.717, 1.165) is 0 Å². The van der Waals surface area contributed by atoms with Gasteiger partial charge < -0.3 is 19.9 Å². The van der Waals surface area contributed by atoms with Crippen LogP contribution in [0.2, 0.25) is 0 Å². The average molecular weight is 278 g/mol. The van der Waals surface area contributed by atoms with Gasteiger partial charge in [0, 0.05) is 26.3 Å². The number of methoxy groups -OCH3 is 2. The van der Waals surface area contributed by atoms with Crippen molar-refractivity contribution >= 4 is 17.3 Å². The number of nitrogens with one attached hydrogen (secondary N) is 1. The largest absolute Gasteiger partial charge is 0.390 e. The lowest BCUT2D eigenvalue weighted by atomic mass is 10.2. The van der Waals surface area contributed by atoms with Gasteiger partial charge in [-0.25, -0.2) is 4.39 Å². The molecule has 0 radical (unpaired) electrons. The third kappa shape index (κ3) is 4.10. The molecule has 0 aromatic heterocycles. The predicted molar refractivity (Wildman–Crippen MR) is 68.4 cm³/mol. The molecule has 0 saturated carbocycles. The van der Waals surface area contributed by atoms with E-state index >= 15 is 0 Å². The molecule has 18 heavy (non-hydrogen) atoms. The number of hydrogen-bond acceptors (Lipinski definition) is 4. The van der Waals surface area contributed by atoms with E-state index in [1.54, 1.807) is 12.1 Å². The second kappa shape index (κ2) is 7.53. The minimum absolute atomic E-state index is 0.0904. The Morgan fingerprint density at radius 3 is 2.61 bits per heavy atom. The van der Waals surface area contributed by atoms with Crippen molar-refractivity contribution in [1.82, 2.24) is 0 Å². The SMILES string of the molecule is COC(OC)c1ccc(F)c(NCC(O)CCl)c1. The molecule has 1 rings (SSSR count). The zero-order chi connectivity index (χ0) is 13.5. The third-order valence-corrected chi connectivity index (χ3v) is 2.75. The zero-order valence-electron chi connectivity index (χ0n) is 10.3. The lowest BCUT2D eigenvalue weighted by Crippen LogP contribution is -2.21. The molecule has 0 spiro atoms. The van der Waals surface area contributed by atoms with Gasteiger partial charge in [0.15, 0.2) is 6.29 Å². The Kier molecular flexibility index (Phi) is 6.35. The standard InChI is InChI=1S/C12H17ClFNO3/c1-17-12(18-2)8-3-4-10(14)11(5-8)15-7-9(16)6-13/h3-5,9,12,15-16H,6-7H2,1-2H3. The Balaban J connectivity index is 2.80. The number of aliphatic hydroxyl groups excluding tert-OH is 1. The Morgan fingerprint density at radius 1 is 1.39 bits per heavy atom. The van der Waals surface area contributed by atoms with Gasteiger partial charge in [-0.05, 0) is 12.1 Å². The molecule has 2 N–H and O–H groups in total. The molecule has 4 nitrogen and oxygen atoms in total. The number of rotatable bonds is 7. The Morgan fingerprint density at radius 2 is 2.06 bits per heavy atom. The van der Waals surface area contributed by atoms with Crippen molar-refractivity contribution in [1.29, 1.82) is 0 Å². The molecular formula is C12H17ClFNO3. The van der Waals surface area contributed by atoms with E-state index in [1.807, 2.05) is 0 Å². The maximum atomic E-state index is 13.5. The highest BCUT2D eigenvalue weighted by Gasteiger charge is 2.12. The molecule has 0 amide bonds. The van der Waals surface area contributed by atoms with E-state index in [-0.39, 0.29) is 18.1 Å². The monoisotopic (exact) mass is 277 g/mol. The van der Waals surface area contributed by atoms with Gasteiger partial charge >= 0.3 is 0 Å². The average Bonchev–Trinajstić information content (AvgIpc) is 2.39. The molecule has 0 fully saturated rings. The van der Waals surface area contributed by atoms with Crippen molar-refractivity contribution in [3.05, 3.63) is 29.6 Å². The molecule has 0 bridgehead atoms. The highest BCUT2D eigenvalue weighted by molar-refractivity contribution is 6.18. The second-order valence-electron chi connectivity index (χ2n) is 3.73. The van der Waals surface area contributed by atoms with Crippen LogP contribution >= 0.6 is 11.6 Å². The maximum absolute atomic E-state index is 13.5. The van der Waals surface area contributed by atoms with Crippen LogP contribution in [0, 0.1) is 5.82 Å². The van der Waals surface area contributed by atoms with Crippen LogP contribution in [-0.4, -0.2) is 37.9 Å². The van der Waals surface area contributed by atoms with Crippen LogP contribution in [0.4, 0.5) is 10.1 Å². The molecule has 1 unspecified atom stereocenters.